The number of hydrogen-bond donors (Lipinski definition) is 0. The van der Waals surface area contributed by atoms with E-state index in [0.717, 1.165) is 22.5 Å². The van der Waals surface area contributed by atoms with Gasteiger partial charge in [-0.15, -0.1) is 5.10 Å². The minimum absolute atomic E-state index is 0.126. The van der Waals surface area contributed by atoms with Crippen molar-refractivity contribution >= 4 is 35.0 Å². The summed E-state index contributed by atoms with van der Waals surface area (Å²) in [5, 5.41) is 19.3. The van der Waals surface area contributed by atoms with Crippen LogP contribution in [0.3, 0.4) is 0 Å². The van der Waals surface area contributed by atoms with Crippen LogP contribution in [-0.2, 0) is 4.79 Å². The molecular weight excluding hydrogens is 460 g/mol. The van der Waals surface area contributed by atoms with Crippen molar-refractivity contribution in [3.63, 3.8) is 0 Å². The summed E-state index contributed by atoms with van der Waals surface area (Å²) in [6.07, 6.45) is 2.15. The summed E-state index contributed by atoms with van der Waals surface area (Å²) in [5.74, 6) is 0.649. The summed E-state index contributed by atoms with van der Waals surface area (Å²) in [6, 6.07) is 18.6. The van der Waals surface area contributed by atoms with E-state index >= 15 is 0 Å². The van der Waals surface area contributed by atoms with Crippen LogP contribution in [0, 0.1) is 6.92 Å². The molecule has 2 aromatic heterocycles. The summed E-state index contributed by atoms with van der Waals surface area (Å²) < 4.78 is 7.23. The highest BCUT2D eigenvalue weighted by atomic mass is 35.5. The summed E-state index contributed by atoms with van der Waals surface area (Å²) in [5.41, 5.74) is 3.66. The lowest BCUT2D eigenvalue weighted by atomic mass is 10.0. The van der Waals surface area contributed by atoms with E-state index in [1.165, 1.54) is 16.8 Å². The Bertz CT molecular complexity index is 1300. The number of nitrogens with zero attached hydrogens (tertiary/aromatic N) is 6. The van der Waals surface area contributed by atoms with Gasteiger partial charge in [0.1, 0.15) is 11.8 Å². The second-order valence-corrected chi connectivity index (χ2v) is 8.91. The van der Waals surface area contributed by atoms with Crippen LogP contribution < -0.4 is 0 Å². The summed E-state index contributed by atoms with van der Waals surface area (Å²) >= 11 is 7.29. The Kier molecular flexibility index (Phi) is 5.97. The molecule has 1 amide bonds. The van der Waals surface area contributed by atoms with E-state index in [9.17, 15) is 4.79 Å². The minimum Gasteiger partial charge on any atom is -0.467 e. The van der Waals surface area contributed by atoms with E-state index in [1.54, 1.807) is 10.9 Å². The van der Waals surface area contributed by atoms with Crippen LogP contribution in [-0.4, -0.2) is 42.6 Å². The number of carbonyl (C=O) groups excluding carboxylic acids is 1. The van der Waals surface area contributed by atoms with Crippen molar-refractivity contribution in [3.8, 4) is 5.69 Å². The molecular formula is C23H19ClN6O2S. The number of hydrazone groups is 1. The fourth-order valence-corrected chi connectivity index (χ4v) is 4.51. The average Bonchev–Trinajstić information content (AvgIpc) is 3.58. The lowest BCUT2D eigenvalue weighted by molar-refractivity contribution is -0.130. The maximum absolute atomic E-state index is 13.2. The van der Waals surface area contributed by atoms with E-state index in [2.05, 4.69) is 20.6 Å². The number of aryl methyl sites for hydroxylation is 1. The molecule has 5 rings (SSSR count). The number of rotatable bonds is 6. The van der Waals surface area contributed by atoms with Gasteiger partial charge in [-0.1, -0.05) is 47.6 Å². The Morgan fingerprint density at radius 2 is 2.03 bits per heavy atom. The van der Waals surface area contributed by atoms with Crippen LogP contribution in [0.25, 0.3) is 5.69 Å². The zero-order valence-corrected chi connectivity index (χ0v) is 19.2. The largest absolute Gasteiger partial charge is 0.467 e. The highest BCUT2D eigenvalue weighted by Gasteiger charge is 2.35. The van der Waals surface area contributed by atoms with E-state index in [1.807, 2.05) is 67.6 Å². The number of hydrogen-bond acceptors (Lipinski definition) is 7. The van der Waals surface area contributed by atoms with Crippen LogP contribution in [0.2, 0.25) is 5.02 Å². The van der Waals surface area contributed by atoms with Crippen molar-refractivity contribution in [2.24, 2.45) is 5.10 Å². The second kappa shape index (κ2) is 9.21. The molecule has 1 aliphatic heterocycles. The number of carbonyl (C=O) groups is 1. The van der Waals surface area contributed by atoms with E-state index < -0.39 is 0 Å². The van der Waals surface area contributed by atoms with E-state index in [0.29, 0.717) is 22.4 Å². The molecule has 0 N–H and O–H groups in total. The van der Waals surface area contributed by atoms with Crippen molar-refractivity contribution in [2.75, 3.05) is 5.75 Å². The van der Waals surface area contributed by atoms with Crippen molar-refractivity contribution < 1.29 is 9.21 Å². The monoisotopic (exact) mass is 478 g/mol. The van der Waals surface area contributed by atoms with Crippen molar-refractivity contribution in [1.82, 2.24) is 25.2 Å². The molecule has 10 heteroatoms. The van der Waals surface area contributed by atoms with Crippen LogP contribution in [0.15, 0.2) is 81.6 Å². The molecule has 8 nitrogen and oxygen atoms in total. The van der Waals surface area contributed by atoms with Crippen molar-refractivity contribution in [1.29, 1.82) is 0 Å². The van der Waals surface area contributed by atoms with Gasteiger partial charge in [0, 0.05) is 11.4 Å². The van der Waals surface area contributed by atoms with E-state index in [-0.39, 0.29) is 17.7 Å². The molecule has 0 saturated heterocycles. The van der Waals surface area contributed by atoms with Gasteiger partial charge in [-0.2, -0.15) is 9.78 Å². The van der Waals surface area contributed by atoms with Crippen LogP contribution >= 0.6 is 23.4 Å². The number of tetrazole rings is 1. The van der Waals surface area contributed by atoms with Crippen LogP contribution in [0.4, 0.5) is 0 Å². The summed E-state index contributed by atoms with van der Waals surface area (Å²) in [4.78, 5) is 13.2. The topological polar surface area (TPSA) is 89.4 Å². The van der Waals surface area contributed by atoms with Gasteiger partial charge in [0.15, 0.2) is 0 Å². The third-order valence-electron chi connectivity index (χ3n) is 5.23. The predicted molar refractivity (Wildman–Crippen MR) is 126 cm³/mol. The van der Waals surface area contributed by atoms with E-state index in [4.69, 9.17) is 16.0 Å². The SMILES string of the molecule is Cc1cccc(-n2nnnc2SCC(=O)N2N=C(c3ccc(Cl)cc3)C[C@H]2c2ccco2)c1. The Balaban J connectivity index is 1.36. The lowest BCUT2D eigenvalue weighted by Gasteiger charge is -2.19. The molecule has 0 unspecified atom stereocenters. The number of halogens is 1. The molecule has 1 atom stereocenters. The normalized spacial score (nSPS) is 15.6. The fourth-order valence-electron chi connectivity index (χ4n) is 3.64. The van der Waals surface area contributed by atoms with Gasteiger partial charge in [0.2, 0.25) is 5.16 Å². The van der Waals surface area contributed by atoms with Gasteiger partial charge in [-0.05, 0) is 64.9 Å². The average molecular weight is 479 g/mol. The summed E-state index contributed by atoms with van der Waals surface area (Å²) in [6.45, 7) is 2.00. The Hall–Kier alpha value is -3.43. The molecule has 1 aliphatic rings. The van der Waals surface area contributed by atoms with Crippen molar-refractivity contribution in [2.45, 2.75) is 24.5 Å². The van der Waals surface area contributed by atoms with Gasteiger partial charge in [-0.3, -0.25) is 4.79 Å². The molecule has 0 saturated carbocycles. The molecule has 0 spiro atoms. The molecule has 2 aromatic carbocycles. The zero-order chi connectivity index (χ0) is 22.8. The Morgan fingerprint density at radius 1 is 1.18 bits per heavy atom. The van der Waals surface area contributed by atoms with Crippen LogP contribution in [0.5, 0.6) is 0 Å². The first kappa shape index (κ1) is 21.4. The molecule has 0 radical (unpaired) electrons. The van der Waals surface area contributed by atoms with Gasteiger partial charge >= 0.3 is 0 Å². The number of amides is 1. The predicted octanol–water partition coefficient (Wildman–Crippen LogP) is 4.69. The Labute approximate surface area is 199 Å². The van der Waals surface area contributed by atoms with Crippen LogP contribution in [0.1, 0.15) is 29.3 Å². The smallest absolute Gasteiger partial charge is 0.253 e. The lowest BCUT2D eigenvalue weighted by Crippen LogP contribution is -2.28. The molecule has 4 aromatic rings. The maximum atomic E-state index is 13.2. The quantitative estimate of drug-likeness (QED) is 0.373. The van der Waals surface area contributed by atoms with Gasteiger partial charge in [0.05, 0.1) is 23.4 Å². The number of thioether (sulfide) groups is 1. The second-order valence-electron chi connectivity index (χ2n) is 7.53. The first-order chi connectivity index (χ1) is 16.1. The number of furan rings is 1. The molecule has 0 bridgehead atoms. The first-order valence-corrected chi connectivity index (χ1v) is 11.6. The third kappa shape index (κ3) is 4.55. The fraction of sp³-hybridized carbons (Fsp3) is 0.174. The highest BCUT2D eigenvalue weighted by Crippen LogP contribution is 2.34. The molecule has 0 aliphatic carbocycles. The van der Waals surface area contributed by atoms with Gasteiger partial charge in [0.25, 0.3) is 5.91 Å². The standard InChI is InChI=1S/C23H19ClN6O2S/c1-15-4-2-5-18(12-15)29-23(25-27-28-29)33-14-22(31)30-20(21-6-3-11-32-21)13-19(26-30)16-7-9-17(24)10-8-16/h2-12,20H,13-14H2,1H3/t20-/m0/s1. The molecule has 33 heavy (non-hydrogen) atoms. The van der Waals surface area contributed by atoms with Gasteiger partial charge < -0.3 is 4.42 Å². The first-order valence-electron chi connectivity index (χ1n) is 10.3. The molecule has 166 valence electrons. The van der Waals surface area contributed by atoms with Gasteiger partial charge in [-0.25, -0.2) is 5.01 Å². The number of aromatic nitrogens is 4. The maximum Gasteiger partial charge on any atom is 0.253 e. The molecule has 0 fully saturated rings. The molecule has 3 heterocycles. The highest BCUT2D eigenvalue weighted by molar-refractivity contribution is 7.99. The third-order valence-corrected chi connectivity index (χ3v) is 6.38. The minimum atomic E-state index is -0.313. The number of benzene rings is 2. The Morgan fingerprint density at radius 3 is 2.79 bits per heavy atom. The summed E-state index contributed by atoms with van der Waals surface area (Å²) in [7, 11) is 0. The van der Waals surface area contributed by atoms with Crippen molar-refractivity contribution in [3.05, 3.63) is 88.8 Å². The zero-order valence-electron chi connectivity index (χ0n) is 17.6.